The molecule has 1 aliphatic rings. The summed E-state index contributed by atoms with van der Waals surface area (Å²) >= 11 is 0. The molecule has 0 spiro atoms. The molecule has 0 unspecified atom stereocenters. The number of hydrogen-bond donors (Lipinski definition) is 0. The van der Waals surface area contributed by atoms with Crippen LogP contribution in [0.3, 0.4) is 0 Å². The summed E-state index contributed by atoms with van der Waals surface area (Å²) in [6.07, 6.45) is 1.19. The zero-order valence-corrected chi connectivity index (χ0v) is 13.9. The number of esters is 1. The van der Waals surface area contributed by atoms with Crippen molar-refractivity contribution in [2.24, 2.45) is 5.92 Å². The summed E-state index contributed by atoms with van der Waals surface area (Å²) in [5.74, 6) is -0.0445. The lowest BCUT2D eigenvalue weighted by atomic mass is 9.97. The van der Waals surface area contributed by atoms with Crippen LogP contribution in [0, 0.1) is 5.92 Å². The second-order valence-electron chi connectivity index (χ2n) is 5.92. The van der Waals surface area contributed by atoms with Crippen molar-refractivity contribution in [2.75, 3.05) is 26.8 Å². The van der Waals surface area contributed by atoms with Crippen molar-refractivity contribution in [3.05, 3.63) is 40.8 Å². The first kappa shape index (κ1) is 17.0. The Morgan fingerprint density at radius 1 is 1.20 bits per heavy atom. The van der Waals surface area contributed by atoms with Crippen LogP contribution in [-0.2, 0) is 14.3 Å². The summed E-state index contributed by atoms with van der Waals surface area (Å²) in [5.41, 5.74) is -0.0226. The minimum absolute atomic E-state index is 0.106. The Hall–Kier alpha value is -2.83. The third-order valence-electron chi connectivity index (χ3n) is 4.34. The van der Waals surface area contributed by atoms with Gasteiger partial charge in [-0.05, 0) is 31.0 Å². The fraction of sp³-hybridized carbons (Fsp3) is 0.389. The van der Waals surface area contributed by atoms with Crippen LogP contribution in [0.15, 0.2) is 39.5 Å². The minimum atomic E-state index is -0.436. The smallest absolute Gasteiger partial charge is 0.336 e. The maximum atomic E-state index is 12.2. The maximum absolute atomic E-state index is 12.2. The average molecular weight is 345 g/mol. The van der Waals surface area contributed by atoms with E-state index in [2.05, 4.69) is 0 Å². The van der Waals surface area contributed by atoms with Crippen molar-refractivity contribution >= 4 is 22.8 Å². The molecule has 0 atom stereocenters. The monoisotopic (exact) mass is 345 g/mol. The van der Waals surface area contributed by atoms with Gasteiger partial charge in [0.15, 0.2) is 6.61 Å². The van der Waals surface area contributed by atoms with E-state index in [1.165, 1.54) is 13.2 Å². The second kappa shape index (κ2) is 7.38. The molecule has 2 heterocycles. The van der Waals surface area contributed by atoms with Crippen molar-refractivity contribution in [3.63, 3.8) is 0 Å². The number of likely N-dealkylation sites (tertiary alicyclic amines) is 1. The Labute approximate surface area is 144 Å². The van der Waals surface area contributed by atoms with Crippen LogP contribution >= 0.6 is 0 Å². The summed E-state index contributed by atoms with van der Waals surface area (Å²) in [5, 5.41) is 0.781. The Morgan fingerprint density at radius 2 is 1.92 bits per heavy atom. The molecule has 1 saturated heterocycles. The Balaban J connectivity index is 1.56. The summed E-state index contributed by atoms with van der Waals surface area (Å²) in [4.78, 5) is 36.7. The molecule has 2 aromatic rings. The number of fused-ring (bicyclic) bond motifs is 1. The maximum Gasteiger partial charge on any atom is 0.336 e. The van der Waals surface area contributed by atoms with Crippen LogP contribution in [0.5, 0.6) is 5.75 Å². The van der Waals surface area contributed by atoms with Gasteiger partial charge in [0.05, 0.1) is 13.0 Å². The van der Waals surface area contributed by atoms with E-state index in [-0.39, 0.29) is 24.4 Å². The van der Waals surface area contributed by atoms with Crippen LogP contribution < -0.4 is 10.4 Å². The zero-order chi connectivity index (χ0) is 17.8. The first-order valence-corrected chi connectivity index (χ1v) is 8.09. The highest BCUT2D eigenvalue weighted by molar-refractivity contribution is 5.80. The topological polar surface area (TPSA) is 86.0 Å². The fourth-order valence-electron chi connectivity index (χ4n) is 2.90. The Kier molecular flexibility index (Phi) is 5.02. The van der Waals surface area contributed by atoms with Crippen LogP contribution in [0.2, 0.25) is 0 Å². The van der Waals surface area contributed by atoms with Crippen molar-refractivity contribution in [1.29, 1.82) is 0 Å². The van der Waals surface area contributed by atoms with Crippen LogP contribution in [0.4, 0.5) is 0 Å². The van der Waals surface area contributed by atoms with Crippen molar-refractivity contribution in [1.82, 2.24) is 4.90 Å². The fourth-order valence-corrected chi connectivity index (χ4v) is 2.90. The molecule has 1 fully saturated rings. The number of carbonyl (C=O) groups excluding carboxylic acids is 2. The summed E-state index contributed by atoms with van der Waals surface area (Å²) in [6.45, 7) is 0.911. The number of carbonyl (C=O) groups is 2. The number of methoxy groups -OCH3 is 1. The normalized spacial score (nSPS) is 15.2. The lowest BCUT2D eigenvalue weighted by Crippen LogP contribution is -2.42. The molecule has 0 bridgehead atoms. The molecule has 132 valence electrons. The third kappa shape index (κ3) is 3.99. The van der Waals surface area contributed by atoms with E-state index in [1.54, 1.807) is 29.2 Å². The standard InChI is InChI=1S/C18H19NO6/c1-23-18(22)13-6-8-19(9-7-13)16(20)11-24-14-4-2-12-3-5-17(21)25-15(12)10-14/h2-5,10,13H,6-9,11H2,1H3. The quantitative estimate of drug-likeness (QED) is 0.618. The highest BCUT2D eigenvalue weighted by Gasteiger charge is 2.27. The van der Waals surface area contributed by atoms with E-state index in [4.69, 9.17) is 13.9 Å². The number of benzene rings is 1. The summed E-state index contributed by atoms with van der Waals surface area (Å²) < 4.78 is 15.4. The third-order valence-corrected chi connectivity index (χ3v) is 4.34. The summed E-state index contributed by atoms with van der Waals surface area (Å²) in [6, 6.07) is 8.10. The van der Waals surface area contributed by atoms with Gasteiger partial charge in [-0.25, -0.2) is 4.79 Å². The van der Waals surface area contributed by atoms with Gasteiger partial charge in [-0.1, -0.05) is 0 Å². The molecule has 1 aromatic heterocycles. The van der Waals surface area contributed by atoms with Crippen LogP contribution in [0.1, 0.15) is 12.8 Å². The van der Waals surface area contributed by atoms with E-state index >= 15 is 0 Å². The van der Waals surface area contributed by atoms with E-state index in [0.29, 0.717) is 37.3 Å². The van der Waals surface area contributed by atoms with Gasteiger partial charge in [-0.2, -0.15) is 0 Å². The van der Waals surface area contributed by atoms with E-state index < -0.39 is 5.63 Å². The van der Waals surface area contributed by atoms with Crippen molar-refractivity contribution in [3.8, 4) is 5.75 Å². The Bertz CT molecular complexity index is 835. The lowest BCUT2D eigenvalue weighted by Gasteiger charge is -2.30. The number of piperidine rings is 1. The minimum Gasteiger partial charge on any atom is -0.484 e. The molecule has 1 amide bonds. The molecule has 25 heavy (non-hydrogen) atoms. The molecule has 3 rings (SSSR count). The van der Waals surface area contributed by atoms with Gasteiger partial charge >= 0.3 is 11.6 Å². The predicted octanol–water partition coefficient (Wildman–Crippen LogP) is 1.58. The van der Waals surface area contributed by atoms with E-state index in [1.807, 2.05) is 0 Å². The van der Waals surface area contributed by atoms with Gasteiger partial charge in [-0.15, -0.1) is 0 Å². The molecule has 0 aliphatic carbocycles. The largest absolute Gasteiger partial charge is 0.484 e. The predicted molar refractivity (Wildman–Crippen MR) is 89.3 cm³/mol. The molecule has 0 radical (unpaired) electrons. The average Bonchev–Trinajstić information content (AvgIpc) is 2.65. The van der Waals surface area contributed by atoms with Crippen LogP contribution in [0.25, 0.3) is 11.0 Å². The van der Waals surface area contributed by atoms with Gasteiger partial charge in [0.1, 0.15) is 11.3 Å². The Morgan fingerprint density at radius 3 is 2.64 bits per heavy atom. The highest BCUT2D eigenvalue weighted by atomic mass is 16.5. The van der Waals surface area contributed by atoms with E-state index in [9.17, 15) is 14.4 Å². The molecule has 1 aromatic carbocycles. The number of rotatable bonds is 4. The number of nitrogens with zero attached hydrogens (tertiary/aromatic N) is 1. The van der Waals surface area contributed by atoms with Crippen molar-refractivity contribution < 1.29 is 23.5 Å². The second-order valence-corrected chi connectivity index (χ2v) is 5.92. The molecule has 0 saturated carbocycles. The van der Waals surface area contributed by atoms with E-state index in [0.717, 1.165) is 5.39 Å². The first-order valence-electron chi connectivity index (χ1n) is 8.09. The SMILES string of the molecule is COC(=O)C1CCN(C(=O)COc2ccc3ccc(=O)oc3c2)CC1. The molecule has 7 heteroatoms. The summed E-state index contributed by atoms with van der Waals surface area (Å²) in [7, 11) is 1.37. The van der Waals surface area contributed by atoms with Gasteiger partial charge in [0.2, 0.25) is 0 Å². The first-order chi connectivity index (χ1) is 12.1. The molecule has 1 aliphatic heterocycles. The van der Waals surface area contributed by atoms with Gasteiger partial charge in [-0.3, -0.25) is 9.59 Å². The van der Waals surface area contributed by atoms with Crippen molar-refractivity contribution in [2.45, 2.75) is 12.8 Å². The molecular weight excluding hydrogens is 326 g/mol. The molecule has 0 N–H and O–H groups in total. The van der Waals surface area contributed by atoms with Gasteiger partial charge in [0.25, 0.3) is 5.91 Å². The molecule has 7 nitrogen and oxygen atoms in total. The zero-order valence-electron chi connectivity index (χ0n) is 13.9. The lowest BCUT2D eigenvalue weighted by molar-refractivity contribution is -0.149. The van der Waals surface area contributed by atoms with Gasteiger partial charge < -0.3 is 18.8 Å². The molecular formula is C18H19NO6. The van der Waals surface area contributed by atoms with Crippen LogP contribution in [-0.4, -0.2) is 43.6 Å². The highest BCUT2D eigenvalue weighted by Crippen LogP contribution is 2.21. The number of ether oxygens (including phenoxy) is 2. The van der Waals surface area contributed by atoms with Gasteiger partial charge in [0, 0.05) is 30.6 Å². The number of amides is 1. The number of hydrogen-bond acceptors (Lipinski definition) is 6.